The molecule has 2 aromatic carbocycles. The van der Waals surface area contributed by atoms with Gasteiger partial charge in [-0.15, -0.1) is 0 Å². The van der Waals surface area contributed by atoms with Crippen LogP contribution in [-0.2, 0) is 11.2 Å². The van der Waals surface area contributed by atoms with Gasteiger partial charge in [-0.1, -0.05) is 18.2 Å². The molecule has 28 heavy (non-hydrogen) atoms. The average Bonchev–Trinajstić information content (AvgIpc) is 3.16. The molecule has 0 unspecified atom stereocenters. The molecule has 5 nitrogen and oxygen atoms in total. The Hall–Kier alpha value is -2.53. The van der Waals surface area contributed by atoms with Gasteiger partial charge in [0.1, 0.15) is 11.5 Å². The van der Waals surface area contributed by atoms with E-state index in [1.54, 1.807) is 14.2 Å². The van der Waals surface area contributed by atoms with Crippen molar-refractivity contribution in [1.29, 1.82) is 0 Å². The molecule has 148 valence electrons. The molecule has 1 aliphatic carbocycles. The fraction of sp³-hybridized carbons (Fsp3) is 0.435. The summed E-state index contributed by atoms with van der Waals surface area (Å²) in [5.74, 6) is 0.746. The second-order valence-corrected chi connectivity index (χ2v) is 7.72. The van der Waals surface area contributed by atoms with Gasteiger partial charge in [0.25, 0.3) is 0 Å². The maximum Gasteiger partial charge on any atom is 0.306 e. The summed E-state index contributed by atoms with van der Waals surface area (Å²) in [5, 5.41) is 9.22. The fourth-order valence-electron chi connectivity index (χ4n) is 4.59. The Bertz CT molecular complexity index is 849. The van der Waals surface area contributed by atoms with Crippen LogP contribution in [0.4, 0.5) is 0 Å². The number of hydrogen-bond donors (Lipinski definition) is 1. The Morgan fingerprint density at radius 2 is 1.64 bits per heavy atom. The third-order valence-corrected chi connectivity index (χ3v) is 6.19. The van der Waals surface area contributed by atoms with Gasteiger partial charge < -0.3 is 14.6 Å². The Morgan fingerprint density at radius 3 is 2.25 bits per heavy atom. The number of carbonyl (C=O) groups is 1. The summed E-state index contributed by atoms with van der Waals surface area (Å²) in [7, 11) is 3.33. The summed E-state index contributed by atoms with van der Waals surface area (Å²) in [5.41, 5.74) is 5.04. The molecule has 1 N–H and O–H groups in total. The predicted molar refractivity (Wildman–Crippen MR) is 108 cm³/mol. The minimum atomic E-state index is -0.648. The van der Waals surface area contributed by atoms with E-state index >= 15 is 0 Å². The maximum atomic E-state index is 11.2. The van der Waals surface area contributed by atoms with Gasteiger partial charge in [-0.25, -0.2) is 0 Å². The Kier molecular flexibility index (Phi) is 5.27. The zero-order chi connectivity index (χ0) is 19.7. The number of carboxylic acid groups (broad SMARTS) is 1. The highest BCUT2D eigenvalue weighted by Crippen LogP contribution is 2.40. The van der Waals surface area contributed by atoms with Crippen molar-refractivity contribution in [3.8, 4) is 22.6 Å². The smallest absolute Gasteiger partial charge is 0.306 e. The number of aliphatic carboxylic acids is 1. The van der Waals surface area contributed by atoms with Gasteiger partial charge in [0, 0.05) is 12.1 Å². The highest BCUT2D eigenvalue weighted by Gasteiger charge is 2.32. The van der Waals surface area contributed by atoms with Crippen LogP contribution in [0.15, 0.2) is 36.4 Å². The van der Waals surface area contributed by atoms with Crippen LogP contribution in [0, 0.1) is 5.92 Å². The Labute approximate surface area is 165 Å². The number of piperidine rings is 1. The minimum absolute atomic E-state index is 0.178. The first-order valence-electron chi connectivity index (χ1n) is 9.92. The highest BCUT2D eigenvalue weighted by atomic mass is 16.5. The van der Waals surface area contributed by atoms with Gasteiger partial charge in [-0.2, -0.15) is 0 Å². The predicted octanol–water partition coefficient (Wildman–Crippen LogP) is 4.15. The molecule has 1 saturated heterocycles. The topological polar surface area (TPSA) is 59.0 Å². The zero-order valence-corrected chi connectivity index (χ0v) is 16.5. The van der Waals surface area contributed by atoms with Crippen LogP contribution in [0.2, 0.25) is 0 Å². The van der Waals surface area contributed by atoms with E-state index < -0.39 is 5.97 Å². The first kappa shape index (κ1) is 18.8. The largest absolute Gasteiger partial charge is 0.497 e. The molecule has 0 amide bonds. The summed E-state index contributed by atoms with van der Waals surface area (Å²) >= 11 is 0. The second-order valence-electron chi connectivity index (χ2n) is 7.72. The molecule has 2 aliphatic rings. The molecule has 0 bridgehead atoms. The summed E-state index contributed by atoms with van der Waals surface area (Å²) in [6.07, 6.45) is 3.68. The Morgan fingerprint density at radius 1 is 0.964 bits per heavy atom. The number of aryl methyl sites for hydroxylation is 1. The molecule has 2 aromatic rings. The SMILES string of the molecule is COc1cc(OC)cc(-c2ccc3c(c2)CC[C@@H]3N2CCC(C(=O)O)CC2)c1. The zero-order valence-electron chi connectivity index (χ0n) is 16.5. The standard InChI is InChI=1S/C23H27NO4/c1-27-19-12-18(13-20(14-19)28-2)16-3-5-21-17(11-16)4-6-22(21)24-9-7-15(8-10-24)23(25)26/h3,5,11-15,22H,4,6-10H2,1-2H3,(H,25,26)/t22-/m0/s1. The average molecular weight is 381 g/mol. The van der Waals surface area contributed by atoms with Crippen molar-refractivity contribution in [2.75, 3.05) is 27.3 Å². The van der Waals surface area contributed by atoms with Crippen molar-refractivity contribution in [2.45, 2.75) is 31.7 Å². The number of rotatable bonds is 5. The minimum Gasteiger partial charge on any atom is -0.497 e. The van der Waals surface area contributed by atoms with E-state index in [0.717, 1.165) is 55.8 Å². The number of methoxy groups -OCH3 is 2. The summed E-state index contributed by atoms with van der Waals surface area (Å²) < 4.78 is 10.8. The molecule has 1 fully saturated rings. The third kappa shape index (κ3) is 3.59. The number of hydrogen-bond acceptors (Lipinski definition) is 4. The van der Waals surface area contributed by atoms with Gasteiger partial charge >= 0.3 is 5.97 Å². The third-order valence-electron chi connectivity index (χ3n) is 6.19. The van der Waals surface area contributed by atoms with Crippen LogP contribution in [0.3, 0.4) is 0 Å². The number of carboxylic acids is 1. The van der Waals surface area contributed by atoms with Crippen molar-refractivity contribution in [1.82, 2.24) is 4.90 Å². The van der Waals surface area contributed by atoms with Crippen LogP contribution in [0.1, 0.15) is 36.4 Å². The lowest BCUT2D eigenvalue weighted by Gasteiger charge is -2.35. The lowest BCUT2D eigenvalue weighted by atomic mass is 9.94. The molecule has 0 aromatic heterocycles. The summed E-state index contributed by atoms with van der Waals surface area (Å²) in [6.45, 7) is 1.74. The van der Waals surface area contributed by atoms with Crippen molar-refractivity contribution < 1.29 is 19.4 Å². The number of nitrogens with zero attached hydrogens (tertiary/aromatic N) is 1. The van der Waals surface area contributed by atoms with Gasteiger partial charge in [-0.05, 0) is 73.2 Å². The van der Waals surface area contributed by atoms with Crippen LogP contribution in [-0.4, -0.2) is 43.3 Å². The van der Waals surface area contributed by atoms with E-state index in [-0.39, 0.29) is 5.92 Å². The molecule has 0 spiro atoms. The van der Waals surface area contributed by atoms with E-state index in [2.05, 4.69) is 23.1 Å². The number of likely N-dealkylation sites (tertiary alicyclic amines) is 1. The normalized spacial score (nSPS) is 20.0. The molecule has 1 aliphatic heterocycles. The number of benzene rings is 2. The lowest BCUT2D eigenvalue weighted by molar-refractivity contribution is -0.143. The van der Waals surface area contributed by atoms with E-state index in [9.17, 15) is 9.90 Å². The van der Waals surface area contributed by atoms with E-state index in [1.807, 2.05) is 18.2 Å². The lowest BCUT2D eigenvalue weighted by Crippen LogP contribution is -2.38. The first-order chi connectivity index (χ1) is 13.6. The van der Waals surface area contributed by atoms with Crippen molar-refractivity contribution in [2.24, 2.45) is 5.92 Å². The van der Waals surface area contributed by atoms with E-state index in [0.29, 0.717) is 6.04 Å². The quantitative estimate of drug-likeness (QED) is 0.843. The summed E-state index contributed by atoms with van der Waals surface area (Å²) in [4.78, 5) is 13.7. The fourth-order valence-corrected chi connectivity index (χ4v) is 4.59. The van der Waals surface area contributed by atoms with Gasteiger partial charge in [-0.3, -0.25) is 9.69 Å². The van der Waals surface area contributed by atoms with Crippen molar-refractivity contribution in [3.05, 3.63) is 47.5 Å². The summed E-state index contributed by atoms with van der Waals surface area (Å²) in [6, 6.07) is 13.1. The van der Waals surface area contributed by atoms with Crippen LogP contribution in [0.25, 0.3) is 11.1 Å². The van der Waals surface area contributed by atoms with Crippen molar-refractivity contribution >= 4 is 5.97 Å². The molecule has 0 saturated carbocycles. The highest BCUT2D eigenvalue weighted by molar-refractivity contribution is 5.70. The van der Waals surface area contributed by atoms with Crippen LogP contribution in [0.5, 0.6) is 11.5 Å². The van der Waals surface area contributed by atoms with Gasteiger partial charge in [0.15, 0.2) is 0 Å². The monoisotopic (exact) mass is 381 g/mol. The molecule has 4 rings (SSSR count). The number of ether oxygens (including phenoxy) is 2. The molecule has 1 atom stereocenters. The molecular weight excluding hydrogens is 354 g/mol. The van der Waals surface area contributed by atoms with E-state index in [4.69, 9.17) is 9.47 Å². The van der Waals surface area contributed by atoms with Crippen LogP contribution >= 0.6 is 0 Å². The van der Waals surface area contributed by atoms with E-state index in [1.165, 1.54) is 16.7 Å². The second kappa shape index (κ2) is 7.84. The maximum absolute atomic E-state index is 11.2. The molecule has 1 heterocycles. The number of fused-ring (bicyclic) bond motifs is 1. The first-order valence-corrected chi connectivity index (χ1v) is 9.92. The molecule has 5 heteroatoms. The van der Waals surface area contributed by atoms with Crippen molar-refractivity contribution in [3.63, 3.8) is 0 Å². The molecular formula is C23H27NO4. The van der Waals surface area contributed by atoms with Gasteiger partial charge in [0.05, 0.1) is 20.1 Å². The Balaban J connectivity index is 1.55. The molecule has 0 radical (unpaired) electrons. The van der Waals surface area contributed by atoms with Gasteiger partial charge in [0.2, 0.25) is 0 Å². The van der Waals surface area contributed by atoms with Crippen LogP contribution < -0.4 is 9.47 Å².